The zero-order valence-corrected chi connectivity index (χ0v) is 11.6. The molecule has 20 heavy (non-hydrogen) atoms. The smallest absolute Gasteiger partial charge is 0.309 e. The maximum Gasteiger partial charge on any atom is 0.309 e. The van der Waals surface area contributed by atoms with Crippen molar-refractivity contribution in [2.75, 3.05) is 6.61 Å². The highest BCUT2D eigenvalue weighted by atomic mass is 16.3. The summed E-state index contributed by atoms with van der Waals surface area (Å²) in [5.41, 5.74) is 7.38. The summed E-state index contributed by atoms with van der Waals surface area (Å²) >= 11 is 0. The molecule has 110 valence electrons. The largest absolute Gasteiger partial charge is 0.394 e. The SMILES string of the molecule is CCC(CO)NC(=O)C(=O)NCc1cccc(CN)c1. The van der Waals surface area contributed by atoms with Gasteiger partial charge in [0.15, 0.2) is 0 Å². The van der Waals surface area contributed by atoms with E-state index >= 15 is 0 Å². The molecule has 0 saturated carbocycles. The molecule has 1 unspecified atom stereocenters. The van der Waals surface area contributed by atoms with Crippen LogP contribution in [0.2, 0.25) is 0 Å². The van der Waals surface area contributed by atoms with Crippen LogP contribution < -0.4 is 16.4 Å². The van der Waals surface area contributed by atoms with Crippen molar-refractivity contribution in [1.29, 1.82) is 0 Å². The van der Waals surface area contributed by atoms with E-state index in [0.29, 0.717) is 13.0 Å². The minimum absolute atomic E-state index is 0.186. The van der Waals surface area contributed by atoms with E-state index in [9.17, 15) is 9.59 Å². The van der Waals surface area contributed by atoms with Crippen molar-refractivity contribution in [2.45, 2.75) is 32.5 Å². The molecule has 1 rings (SSSR count). The van der Waals surface area contributed by atoms with E-state index in [1.165, 1.54) is 0 Å². The molecule has 1 aromatic carbocycles. The van der Waals surface area contributed by atoms with E-state index in [-0.39, 0.29) is 13.2 Å². The van der Waals surface area contributed by atoms with Crippen LogP contribution in [0.4, 0.5) is 0 Å². The molecule has 0 fully saturated rings. The number of nitrogens with one attached hydrogen (secondary N) is 2. The van der Waals surface area contributed by atoms with E-state index in [0.717, 1.165) is 11.1 Å². The summed E-state index contributed by atoms with van der Waals surface area (Å²) in [5, 5.41) is 13.9. The van der Waals surface area contributed by atoms with Gasteiger partial charge in [0.1, 0.15) is 0 Å². The first-order chi connectivity index (χ1) is 9.60. The zero-order chi connectivity index (χ0) is 15.0. The van der Waals surface area contributed by atoms with Gasteiger partial charge in [-0.15, -0.1) is 0 Å². The van der Waals surface area contributed by atoms with Crippen LogP contribution in [0.3, 0.4) is 0 Å². The maximum atomic E-state index is 11.6. The van der Waals surface area contributed by atoms with Crippen molar-refractivity contribution in [3.63, 3.8) is 0 Å². The van der Waals surface area contributed by atoms with Gasteiger partial charge in [0, 0.05) is 13.1 Å². The van der Waals surface area contributed by atoms with E-state index < -0.39 is 17.9 Å². The Labute approximate surface area is 118 Å². The molecule has 0 saturated heterocycles. The van der Waals surface area contributed by atoms with Crippen molar-refractivity contribution in [2.24, 2.45) is 5.73 Å². The van der Waals surface area contributed by atoms with Crippen LogP contribution in [0.5, 0.6) is 0 Å². The van der Waals surface area contributed by atoms with E-state index in [4.69, 9.17) is 10.8 Å². The van der Waals surface area contributed by atoms with Crippen LogP contribution >= 0.6 is 0 Å². The number of nitrogens with two attached hydrogens (primary N) is 1. The van der Waals surface area contributed by atoms with Crippen molar-refractivity contribution < 1.29 is 14.7 Å². The van der Waals surface area contributed by atoms with Crippen LogP contribution in [-0.4, -0.2) is 29.6 Å². The highest BCUT2D eigenvalue weighted by Crippen LogP contribution is 2.04. The Morgan fingerprint density at radius 2 is 2.00 bits per heavy atom. The summed E-state index contributed by atoms with van der Waals surface area (Å²) in [6.07, 6.45) is 0.564. The summed E-state index contributed by atoms with van der Waals surface area (Å²) in [5.74, 6) is -1.45. The molecule has 2 amide bonds. The number of carbonyl (C=O) groups is 2. The molecule has 0 spiro atoms. The normalized spacial score (nSPS) is 11.8. The lowest BCUT2D eigenvalue weighted by atomic mass is 10.1. The Hall–Kier alpha value is -1.92. The average Bonchev–Trinajstić information content (AvgIpc) is 2.50. The van der Waals surface area contributed by atoms with Gasteiger partial charge in [-0.05, 0) is 17.5 Å². The third-order valence-electron chi connectivity index (χ3n) is 2.93. The van der Waals surface area contributed by atoms with E-state index in [1.54, 1.807) is 0 Å². The molecule has 0 heterocycles. The monoisotopic (exact) mass is 279 g/mol. The number of hydrogen-bond acceptors (Lipinski definition) is 4. The van der Waals surface area contributed by atoms with Gasteiger partial charge in [-0.3, -0.25) is 9.59 Å². The molecule has 1 aromatic rings. The van der Waals surface area contributed by atoms with Crippen molar-refractivity contribution in [3.05, 3.63) is 35.4 Å². The number of benzene rings is 1. The molecule has 1 atom stereocenters. The van der Waals surface area contributed by atoms with Gasteiger partial charge in [0.2, 0.25) is 0 Å². The fourth-order valence-corrected chi connectivity index (χ4v) is 1.66. The van der Waals surface area contributed by atoms with E-state index in [1.807, 2.05) is 31.2 Å². The first-order valence-corrected chi connectivity index (χ1v) is 6.58. The molecule has 5 N–H and O–H groups in total. The molecule has 0 aliphatic carbocycles. The third-order valence-corrected chi connectivity index (χ3v) is 2.93. The Morgan fingerprint density at radius 3 is 2.60 bits per heavy atom. The average molecular weight is 279 g/mol. The topological polar surface area (TPSA) is 104 Å². The lowest BCUT2D eigenvalue weighted by Gasteiger charge is -2.13. The molecular formula is C14H21N3O3. The van der Waals surface area contributed by atoms with Crippen molar-refractivity contribution in [1.82, 2.24) is 10.6 Å². The van der Waals surface area contributed by atoms with Crippen LogP contribution in [0.1, 0.15) is 24.5 Å². The number of rotatable bonds is 6. The van der Waals surface area contributed by atoms with Gasteiger partial charge in [0.25, 0.3) is 0 Å². The van der Waals surface area contributed by atoms with Gasteiger partial charge < -0.3 is 21.5 Å². The first-order valence-electron chi connectivity index (χ1n) is 6.58. The molecule has 0 aliphatic rings. The van der Waals surface area contributed by atoms with Crippen molar-refractivity contribution in [3.8, 4) is 0 Å². The molecule has 0 aromatic heterocycles. The predicted octanol–water partition coefficient (Wildman–Crippen LogP) is -0.351. The molecule has 0 bridgehead atoms. The Balaban J connectivity index is 2.47. The summed E-state index contributed by atoms with van der Waals surface area (Å²) in [6, 6.07) is 7.07. The number of aliphatic hydroxyl groups is 1. The maximum absolute atomic E-state index is 11.6. The van der Waals surface area contributed by atoms with Gasteiger partial charge >= 0.3 is 11.8 Å². The predicted molar refractivity (Wildman–Crippen MR) is 75.5 cm³/mol. The van der Waals surface area contributed by atoms with Gasteiger partial charge in [-0.25, -0.2) is 0 Å². The van der Waals surface area contributed by atoms with Crippen molar-refractivity contribution >= 4 is 11.8 Å². The number of amides is 2. The lowest BCUT2D eigenvalue weighted by Crippen LogP contribution is -2.45. The standard InChI is InChI=1S/C14H21N3O3/c1-2-12(9-18)17-14(20)13(19)16-8-11-5-3-4-10(6-11)7-15/h3-6,12,18H,2,7-9,15H2,1H3,(H,16,19)(H,17,20). The zero-order valence-electron chi connectivity index (χ0n) is 11.6. The Kier molecular flexibility index (Phi) is 6.69. The molecule has 0 aliphatic heterocycles. The third kappa shape index (κ3) is 4.99. The molecule has 0 radical (unpaired) electrons. The van der Waals surface area contributed by atoms with Crippen LogP contribution in [0.15, 0.2) is 24.3 Å². The minimum atomic E-state index is -0.735. The number of aliphatic hydroxyl groups excluding tert-OH is 1. The number of carbonyl (C=O) groups excluding carboxylic acids is 2. The van der Waals surface area contributed by atoms with Crippen LogP contribution in [-0.2, 0) is 22.7 Å². The van der Waals surface area contributed by atoms with Gasteiger partial charge in [-0.2, -0.15) is 0 Å². The first kappa shape index (κ1) is 16.1. The summed E-state index contributed by atoms with van der Waals surface area (Å²) < 4.78 is 0. The fraction of sp³-hybridized carbons (Fsp3) is 0.429. The summed E-state index contributed by atoms with van der Waals surface area (Å²) in [6.45, 7) is 2.32. The van der Waals surface area contributed by atoms with Gasteiger partial charge in [-0.1, -0.05) is 31.2 Å². The summed E-state index contributed by atoms with van der Waals surface area (Å²) in [4.78, 5) is 23.2. The summed E-state index contributed by atoms with van der Waals surface area (Å²) in [7, 11) is 0. The second kappa shape index (κ2) is 8.29. The number of hydrogen-bond donors (Lipinski definition) is 4. The molecular weight excluding hydrogens is 258 g/mol. The highest BCUT2D eigenvalue weighted by molar-refractivity contribution is 6.35. The Bertz CT molecular complexity index is 459. The van der Waals surface area contributed by atoms with E-state index in [2.05, 4.69) is 10.6 Å². The molecule has 6 nitrogen and oxygen atoms in total. The lowest BCUT2D eigenvalue weighted by molar-refractivity contribution is -0.139. The minimum Gasteiger partial charge on any atom is -0.394 e. The second-order valence-electron chi connectivity index (χ2n) is 4.47. The quantitative estimate of drug-likeness (QED) is 0.534. The highest BCUT2D eigenvalue weighted by Gasteiger charge is 2.16. The molecule has 6 heteroatoms. The van der Waals surface area contributed by atoms with Crippen LogP contribution in [0, 0.1) is 0 Å². The fourth-order valence-electron chi connectivity index (χ4n) is 1.66. The van der Waals surface area contributed by atoms with Crippen LogP contribution in [0.25, 0.3) is 0 Å². The van der Waals surface area contributed by atoms with Gasteiger partial charge in [0.05, 0.1) is 12.6 Å². The Morgan fingerprint density at radius 1 is 1.30 bits per heavy atom. The second-order valence-corrected chi connectivity index (χ2v) is 4.47.